The van der Waals surface area contributed by atoms with E-state index in [2.05, 4.69) is 15.3 Å². The molecule has 0 amide bonds. The van der Waals surface area contributed by atoms with E-state index in [4.69, 9.17) is 21.1 Å². The fourth-order valence-electron chi connectivity index (χ4n) is 3.29. The molecule has 10 heteroatoms. The summed E-state index contributed by atoms with van der Waals surface area (Å²) in [6, 6.07) is 14.9. The van der Waals surface area contributed by atoms with Crippen LogP contribution in [0.2, 0.25) is 5.28 Å². The third-order valence-electron chi connectivity index (χ3n) is 4.81. The van der Waals surface area contributed by atoms with Crippen LogP contribution in [0.4, 0.5) is 17.3 Å². The van der Waals surface area contributed by atoms with Crippen molar-refractivity contribution in [2.45, 2.75) is 33.0 Å². The van der Waals surface area contributed by atoms with Crippen molar-refractivity contribution in [1.29, 1.82) is 0 Å². The van der Waals surface area contributed by atoms with Gasteiger partial charge in [0.1, 0.15) is 11.5 Å². The predicted octanol–water partition coefficient (Wildman–Crippen LogP) is 5.08. The van der Waals surface area contributed by atoms with Crippen molar-refractivity contribution in [2.75, 3.05) is 24.4 Å². The molecule has 0 aliphatic rings. The number of nitrogens with zero attached hydrogens (tertiary/aromatic N) is 4. The van der Waals surface area contributed by atoms with Crippen molar-refractivity contribution < 1.29 is 14.4 Å². The molecule has 174 valence electrons. The Morgan fingerprint density at radius 3 is 1.85 bits per heavy atom. The molecular formula is C23H26ClN5O4. The van der Waals surface area contributed by atoms with Crippen LogP contribution in [0.3, 0.4) is 0 Å². The fourth-order valence-corrected chi connectivity index (χ4v) is 3.45. The second kappa shape index (κ2) is 10.8. The molecule has 0 radical (unpaired) electrons. The van der Waals surface area contributed by atoms with Crippen LogP contribution in [0.5, 0.6) is 11.5 Å². The van der Waals surface area contributed by atoms with E-state index in [9.17, 15) is 10.1 Å². The molecule has 0 atom stereocenters. The number of hydrogen-bond acceptors (Lipinski definition) is 8. The van der Waals surface area contributed by atoms with Gasteiger partial charge >= 0.3 is 5.69 Å². The Morgan fingerprint density at radius 1 is 0.970 bits per heavy atom. The maximum atomic E-state index is 12.1. The van der Waals surface area contributed by atoms with Crippen LogP contribution in [0.1, 0.15) is 25.0 Å². The van der Waals surface area contributed by atoms with Gasteiger partial charge < -0.3 is 19.7 Å². The van der Waals surface area contributed by atoms with Crippen molar-refractivity contribution in [1.82, 2.24) is 9.97 Å². The molecule has 9 nitrogen and oxygen atoms in total. The number of rotatable bonds is 10. The normalized spacial score (nSPS) is 10.7. The Kier molecular flexibility index (Phi) is 7.89. The quantitative estimate of drug-likeness (QED) is 0.248. The van der Waals surface area contributed by atoms with Crippen LogP contribution >= 0.6 is 11.6 Å². The number of anilines is 2. The van der Waals surface area contributed by atoms with Gasteiger partial charge in [-0.2, -0.15) is 9.97 Å². The van der Waals surface area contributed by atoms with E-state index in [1.54, 1.807) is 19.1 Å². The van der Waals surface area contributed by atoms with Crippen LogP contribution in [-0.4, -0.2) is 35.2 Å². The maximum Gasteiger partial charge on any atom is 0.353 e. The SMILES string of the molecule is COc1ccc(CN(Cc2ccc(OC)cc2)c2nc(Cl)nc(NC(C)C)c2[N+](=O)[O-])cc1. The van der Waals surface area contributed by atoms with Crippen molar-refractivity contribution in [3.8, 4) is 11.5 Å². The zero-order valence-corrected chi connectivity index (χ0v) is 19.7. The minimum atomic E-state index is -0.481. The lowest BCUT2D eigenvalue weighted by molar-refractivity contribution is -0.383. The predicted molar refractivity (Wildman–Crippen MR) is 128 cm³/mol. The highest BCUT2D eigenvalue weighted by atomic mass is 35.5. The molecule has 0 bridgehead atoms. The minimum absolute atomic E-state index is 0.0757. The molecule has 1 heterocycles. The third-order valence-corrected chi connectivity index (χ3v) is 4.98. The molecule has 0 spiro atoms. The lowest BCUT2D eigenvalue weighted by Crippen LogP contribution is -2.25. The topological polar surface area (TPSA) is 103 Å². The fraction of sp³-hybridized carbons (Fsp3) is 0.304. The Labute approximate surface area is 197 Å². The van der Waals surface area contributed by atoms with E-state index in [-0.39, 0.29) is 28.6 Å². The summed E-state index contributed by atoms with van der Waals surface area (Å²) in [5.74, 6) is 1.66. The lowest BCUT2D eigenvalue weighted by atomic mass is 10.1. The van der Waals surface area contributed by atoms with Crippen LogP contribution < -0.4 is 19.7 Å². The highest BCUT2D eigenvalue weighted by Gasteiger charge is 2.29. The van der Waals surface area contributed by atoms with Gasteiger partial charge in [0.2, 0.25) is 16.9 Å². The second-order valence-electron chi connectivity index (χ2n) is 7.62. The molecule has 0 aliphatic carbocycles. The number of nitrogens with one attached hydrogen (secondary N) is 1. The average Bonchev–Trinajstić information content (AvgIpc) is 2.78. The zero-order chi connectivity index (χ0) is 24.0. The van der Waals surface area contributed by atoms with Crippen LogP contribution in [-0.2, 0) is 13.1 Å². The molecule has 1 N–H and O–H groups in total. The van der Waals surface area contributed by atoms with E-state index in [0.717, 1.165) is 22.6 Å². The van der Waals surface area contributed by atoms with Crippen molar-refractivity contribution in [3.63, 3.8) is 0 Å². The summed E-state index contributed by atoms with van der Waals surface area (Å²) in [5.41, 5.74) is 1.62. The molecule has 1 aromatic heterocycles. The summed E-state index contributed by atoms with van der Waals surface area (Å²) in [5, 5.41) is 15.0. The first kappa shape index (κ1) is 24.1. The van der Waals surface area contributed by atoms with E-state index in [1.807, 2.05) is 62.4 Å². The van der Waals surface area contributed by atoms with E-state index in [1.165, 1.54) is 0 Å². The summed E-state index contributed by atoms with van der Waals surface area (Å²) < 4.78 is 10.5. The lowest BCUT2D eigenvalue weighted by Gasteiger charge is -2.25. The first-order chi connectivity index (χ1) is 15.8. The summed E-state index contributed by atoms with van der Waals surface area (Å²) in [6.45, 7) is 4.44. The Morgan fingerprint density at radius 2 is 1.45 bits per heavy atom. The number of hydrogen-bond donors (Lipinski definition) is 1. The smallest absolute Gasteiger partial charge is 0.353 e. The molecule has 33 heavy (non-hydrogen) atoms. The van der Waals surface area contributed by atoms with Gasteiger partial charge in [-0.3, -0.25) is 10.1 Å². The zero-order valence-electron chi connectivity index (χ0n) is 18.9. The van der Waals surface area contributed by atoms with Crippen LogP contribution in [0, 0.1) is 10.1 Å². The van der Waals surface area contributed by atoms with Gasteiger partial charge in [-0.25, -0.2) is 0 Å². The van der Waals surface area contributed by atoms with Gasteiger partial charge in [0, 0.05) is 19.1 Å². The molecular weight excluding hydrogens is 446 g/mol. The molecule has 0 fully saturated rings. The van der Waals surface area contributed by atoms with Gasteiger partial charge in [-0.05, 0) is 60.8 Å². The Hall–Kier alpha value is -3.59. The number of halogens is 1. The largest absolute Gasteiger partial charge is 0.497 e. The molecule has 3 rings (SSSR count). The van der Waals surface area contributed by atoms with Gasteiger partial charge in [0.25, 0.3) is 0 Å². The van der Waals surface area contributed by atoms with Gasteiger partial charge in [0.15, 0.2) is 0 Å². The Balaban J connectivity index is 2.08. The standard InChI is InChI=1S/C23H26ClN5O4/c1-15(2)25-21-20(29(30)31)22(27-23(24)26-21)28(13-16-5-9-18(32-3)10-6-16)14-17-7-11-19(33-4)12-8-17/h5-12,15H,13-14H2,1-4H3,(H,25,26,27). The number of aromatic nitrogens is 2. The van der Waals surface area contributed by atoms with Crippen molar-refractivity contribution in [3.05, 3.63) is 75.1 Å². The number of ether oxygens (including phenoxy) is 2. The van der Waals surface area contributed by atoms with Gasteiger partial charge in [-0.15, -0.1) is 0 Å². The summed E-state index contributed by atoms with van der Waals surface area (Å²) in [6.07, 6.45) is 0. The maximum absolute atomic E-state index is 12.1. The molecule has 3 aromatic rings. The van der Waals surface area contributed by atoms with Gasteiger partial charge in [0.05, 0.1) is 19.1 Å². The first-order valence-corrected chi connectivity index (χ1v) is 10.7. The summed E-state index contributed by atoms with van der Waals surface area (Å²) >= 11 is 6.19. The molecule has 0 aliphatic heterocycles. The molecule has 0 unspecified atom stereocenters. The molecule has 0 saturated heterocycles. The van der Waals surface area contributed by atoms with Crippen LogP contribution in [0.25, 0.3) is 0 Å². The monoisotopic (exact) mass is 471 g/mol. The van der Waals surface area contributed by atoms with Crippen molar-refractivity contribution >= 4 is 28.9 Å². The van der Waals surface area contributed by atoms with Crippen LogP contribution in [0.15, 0.2) is 48.5 Å². The second-order valence-corrected chi connectivity index (χ2v) is 7.96. The molecule has 2 aromatic carbocycles. The van der Waals surface area contributed by atoms with Gasteiger partial charge in [-0.1, -0.05) is 24.3 Å². The Bertz CT molecular complexity index is 1040. The van der Waals surface area contributed by atoms with E-state index < -0.39 is 4.92 Å². The minimum Gasteiger partial charge on any atom is -0.497 e. The number of nitro groups is 1. The summed E-state index contributed by atoms with van der Waals surface area (Å²) in [4.78, 5) is 21.8. The number of methoxy groups -OCH3 is 2. The first-order valence-electron chi connectivity index (χ1n) is 10.3. The van der Waals surface area contributed by atoms with Crippen molar-refractivity contribution in [2.24, 2.45) is 0 Å². The highest BCUT2D eigenvalue weighted by molar-refractivity contribution is 6.28. The average molecular weight is 472 g/mol. The number of benzene rings is 2. The third kappa shape index (κ3) is 6.23. The van der Waals surface area contributed by atoms with E-state index >= 15 is 0 Å². The summed E-state index contributed by atoms with van der Waals surface area (Å²) in [7, 11) is 3.20. The highest BCUT2D eigenvalue weighted by Crippen LogP contribution is 2.36. The molecule has 0 saturated carbocycles. The van der Waals surface area contributed by atoms with E-state index in [0.29, 0.717) is 13.1 Å².